The highest BCUT2D eigenvalue weighted by Gasteiger charge is 2.39. The first-order valence-electron chi connectivity index (χ1n) is 15.4. The molecule has 13 nitrogen and oxygen atoms in total. The van der Waals surface area contributed by atoms with Crippen molar-refractivity contribution in [1.29, 1.82) is 5.26 Å². The monoisotopic (exact) mass is 680 g/mol. The summed E-state index contributed by atoms with van der Waals surface area (Å²) in [5.41, 5.74) is 6.84. The lowest BCUT2D eigenvalue weighted by Crippen LogP contribution is -2.44. The number of carbonyl (C=O) groups excluding carboxylic acids is 1. The van der Waals surface area contributed by atoms with Crippen LogP contribution in [0.15, 0.2) is 30.3 Å². The van der Waals surface area contributed by atoms with Gasteiger partial charge in [-0.3, -0.25) is 9.59 Å². The minimum absolute atomic E-state index is 0.00105. The summed E-state index contributed by atoms with van der Waals surface area (Å²) in [6.45, 7) is 0.570. The van der Waals surface area contributed by atoms with Crippen LogP contribution in [-0.4, -0.2) is 97.3 Å². The summed E-state index contributed by atoms with van der Waals surface area (Å²) in [6.07, 6.45) is -1.78. The number of amides is 1. The lowest BCUT2D eigenvalue weighted by Gasteiger charge is -2.34. The Labute approximate surface area is 271 Å². The molecule has 2 fully saturated rings. The number of carboxylic acids is 1. The van der Waals surface area contributed by atoms with Gasteiger partial charge in [0.25, 0.3) is 0 Å². The number of sulfonamides is 1. The average molecular weight is 681 g/mol. The number of aliphatic carboxylic acids is 1. The van der Waals surface area contributed by atoms with Gasteiger partial charge in [-0.05, 0) is 62.1 Å². The van der Waals surface area contributed by atoms with Crippen molar-refractivity contribution in [3.63, 3.8) is 0 Å². The summed E-state index contributed by atoms with van der Waals surface area (Å²) in [7, 11) is -3.83. The maximum Gasteiger partial charge on any atom is 0.451 e. The van der Waals surface area contributed by atoms with Crippen LogP contribution < -0.4 is 20.9 Å². The van der Waals surface area contributed by atoms with Crippen molar-refractivity contribution in [1.82, 2.24) is 19.6 Å². The molecule has 4 N–H and O–H groups in total. The number of nitrogens with one attached hydrogen (secondary N) is 1. The smallest absolute Gasteiger partial charge is 0.451 e. The Bertz CT molecular complexity index is 1540. The van der Waals surface area contributed by atoms with E-state index in [0.29, 0.717) is 70.3 Å². The van der Waals surface area contributed by atoms with Gasteiger partial charge in [0.1, 0.15) is 24.2 Å². The average Bonchev–Trinajstić information content (AvgIpc) is 3.53. The predicted molar refractivity (Wildman–Crippen MR) is 167 cm³/mol. The standard InChI is InChI=1S/C30H39F3N8O5S/c31-30(32,33)29-37-25(39-14-8-22(9-15-39)10-16-40(20-27(42)43)47(45,46)17-11-34)18-26(38-29)41-13-1-2-24(41)28(44)36-12-7-21-3-5-23(19-35)6-4-21/h3-6,18,22,24H,1-2,7-17,20,34H2,(H,36,44)(H,42,43)/t24-/m0/s1. The highest BCUT2D eigenvalue weighted by atomic mass is 32.2. The third kappa shape index (κ3) is 9.75. The van der Waals surface area contributed by atoms with E-state index in [1.54, 1.807) is 34.1 Å². The van der Waals surface area contributed by atoms with Gasteiger partial charge in [0.05, 0.1) is 17.4 Å². The molecule has 0 spiro atoms. The molecule has 2 aliphatic rings. The number of carbonyl (C=O) groups is 2. The number of carboxylic acid groups (broad SMARTS) is 1. The van der Waals surface area contributed by atoms with Crippen LogP contribution in [0.25, 0.3) is 0 Å². The molecule has 17 heteroatoms. The Kier molecular flexibility index (Phi) is 12.0. The molecule has 0 saturated carbocycles. The predicted octanol–water partition coefficient (Wildman–Crippen LogP) is 1.98. The van der Waals surface area contributed by atoms with Crippen LogP contribution >= 0.6 is 0 Å². The molecule has 2 aliphatic heterocycles. The van der Waals surface area contributed by atoms with Crippen LogP contribution in [0, 0.1) is 17.2 Å². The number of nitrogens with two attached hydrogens (primary N) is 1. The lowest BCUT2D eigenvalue weighted by molar-refractivity contribution is -0.144. The summed E-state index contributed by atoms with van der Waals surface area (Å²) in [6, 6.07) is 9.82. The minimum Gasteiger partial charge on any atom is -0.480 e. The number of alkyl halides is 3. The fourth-order valence-electron chi connectivity index (χ4n) is 5.89. The number of anilines is 2. The number of benzene rings is 1. The molecule has 47 heavy (non-hydrogen) atoms. The van der Waals surface area contributed by atoms with Crippen LogP contribution in [0.5, 0.6) is 0 Å². The molecular weight excluding hydrogens is 641 g/mol. The molecular formula is C30H39F3N8O5S. The number of hydrogen-bond acceptors (Lipinski definition) is 10. The van der Waals surface area contributed by atoms with Gasteiger partial charge in [-0.2, -0.15) is 22.7 Å². The van der Waals surface area contributed by atoms with E-state index in [0.717, 1.165) is 9.87 Å². The number of aromatic nitrogens is 2. The van der Waals surface area contributed by atoms with Gasteiger partial charge in [0.15, 0.2) is 0 Å². The van der Waals surface area contributed by atoms with Gasteiger partial charge in [-0.25, -0.2) is 18.4 Å². The van der Waals surface area contributed by atoms with Crippen LogP contribution in [0.1, 0.15) is 49.1 Å². The Hall–Kier alpha value is -4.01. The molecule has 0 radical (unpaired) electrons. The Balaban J connectivity index is 1.41. The molecule has 1 amide bonds. The van der Waals surface area contributed by atoms with E-state index in [9.17, 15) is 31.2 Å². The van der Waals surface area contributed by atoms with Crippen molar-refractivity contribution in [3.8, 4) is 6.07 Å². The second kappa shape index (κ2) is 15.7. The maximum atomic E-state index is 14.0. The molecule has 3 heterocycles. The third-order valence-corrected chi connectivity index (χ3v) is 10.3. The highest BCUT2D eigenvalue weighted by molar-refractivity contribution is 7.89. The van der Waals surface area contributed by atoms with Gasteiger partial charge in [-0.1, -0.05) is 12.1 Å². The first kappa shape index (κ1) is 35.8. The van der Waals surface area contributed by atoms with E-state index in [1.807, 2.05) is 6.07 Å². The number of rotatable bonds is 14. The van der Waals surface area contributed by atoms with Crippen molar-refractivity contribution in [2.75, 3.05) is 61.4 Å². The first-order valence-corrected chi connectivity index (χ1v) is 17.1. The Morgan fingerprint density at radius 3 is 2.40 bits per heavy atom. The van der Waals surface area contributed by atoms with Crippen LogP contribution in [0.4, 0.5) is 24.8 Å². The van der Waals surface area contributed by atoms with Crippen LogP contribution in [0.2, 0.25) is 0 Å². The van der Waals surface area contributed by atoms with Gasteiger partial charge >= 0.3 is 12.1 Å². The second-order valence-corrected chi connectivity index (χ2v) is 13.7. The summed E-state index contributed by atoms with van der Waals surface area (Å²) in [5.74, 6) is -3.12. The zero-order valence-electron chi connectivity index (χ0n) is 25.8. The second-order valence-electron chi connectivity index (χ2n) is 11.7. The third-order valence-electron chi connectivity index (χ3n) is 8.40. The zero-order chi connectivity index (χ0) is 34.2. The van der Waals surface area contributed by atoms with Gasteiger partial charge in [-0.15, -0.1) is 0 Å². The number of piperidine rings is 1. The summed E-state index contributed by atoms with van der Waals surface area (Å²) < 4.78 is 67.7. The van der Waals surface area contributed by atoms with E-state index >= 15 is 0 Å². The normalized spacial score (nSPS) is 17.6. The molecule has 1 aromatic heterocycles. The largest absolute Gasteiger partial charge is 0.480 e. The fraction of sp³-hybridized carbons (Fsp3) is 0.567. The highest BCUT2D eigenvalue weighted by Crippen LogP contribution is 2.34. The lowest BCUT2D eigenvalue weighted by atomic mass is 9.93. The summed E-state index contributed by atoms with van der Waals surface area (Å²) in [5, 5.41) is 21.0. The van der Waals surface area contributed by atoms with Gasteiger partial charge in [0, 0.05) is 45.3 Å². The quantitative estimate of drug-likeness (QED) is 0.265. The fourth-order valence-corrected chi connectivity index (χ4v) is 7.13. The van der Waals surface area contributed by atoms with E-state index < -0.39 is 40.6 Å². The van der Waals surface area contributed by atoms with Crippen molar-refractivity contribution in [3.05, 3.63) is 47.3 Å². The molecule has 0 unspecified atom stereocenters. The maximum absolute atomic E-state index is 14.0. The Morgan fingerprint density at radius 1 is 1.11 bits per heavy atom. The molecule has 4 rings (SSSR count). The van der Waals surface area contributed by atoms with Crippen molar-refractivity contribution < 1.29 is 36.3 Å². The molecule has 1 atom stereocenters. The zero-order valence-corrected chi connectivity index (χ0v) is 26.6. The Morgan fingerprint density at radius 2 is 1.79 bits per heavy atom. The van der Waals surface area contributed by atoms with E-state index in [1.165, 1.54) is 6.07 Å². The molecule has 2 aromatic rings. The first-order chi connectivity index (χ1) is 22.3. The van der Waals surface area contributed by atoms with Gasteiger partial charge < -0.3 is 26.0 Å². The number of halogens is 3. The molecule has 256 valence electrons. The van der Waals surface area contributed by atoms with Crippen molar-refractivity contribution in [2.24, 2.45) is 11.7 Å². The summed E-state index contributed by atoms with van der Waals surface area (Å²) in [4.78, 5) is 35.3. The molecule has 0 bridgehead atoms. The molecule has 1 aromatic carbocycles. The SMILES string of the molecule is N#Cc1ccc(CCNC(=O)[C@@H]2CCCN2c2cc(N3CCC(CCN(CC(=O)O)S(=O)(=O)CCN)CC3)nc(C(F)(F)F)n2)cc1. The number of hydrogen-bond donors (Lipinski definition) is 3. The minimum atomic E-state index is -4.82. The van der Waals surface area contributed by atoms with Crippen LogP contribution in [0.3, 0.4) is 0 Å². The van der Waals surface area contributed by atoms with Crippen LogP contribution in [-0.2, 0) is 32.2 Å². The molecule has 2 saturated heterocycles. The summed E-state index contributed by atoms with van der Waals surface area (Å²) >= 11 is 0. The van der Waals surface area contributed by atoms with E-state index in [4.69, 9.17) is 16.1 Å². The van der Waals surface area contributed by atoms with E-state index in [-0.39, 0.29) is 42.3 Å². The van der Waals surface area contributed by atoms with Crippen molar-refractivity contribution in [2.45, 2.75) is 50.7 Å². The van der Waals surface area contributed by atoms with Gasteiger partial charge in [0.2, 0.25) is 21.8 Å². The topological polar surface area (TPSA) is 186 Å². The number of nitriles is 1. The van der Waals surface area contributed by atoms with E-state index in [2.05, 4.69) is 15.3 Å². The van der Waals surface area contributed by atoms with Crippen molar-refractivity contribution >= 4 is 33.5 Å². The molecule has 0 aliphatic carbocycles. The number of nitrogens with zero attached hydrogens (tertiary/aromatic N) is 6.